The van der Waals surface area contributed by atoms with Gasteiger partial charge >= 0.3 is 6.19 Å². The van der Waals surface area contributed by atoms with Crippen molar-refractivity contribution in [1.82, 2.24) is 9.80 Å². The fourth-order valence-corrected chi connectivity index (χ4v) is 5.95. The van der Waals surface area contributed by atoms with Crippen LogP contribution < -0.4 is 15.0 Å². The number of nitrogens with two attached hydrogens (primary N) is 1. The molecule has 1 atom stereocenters. The topological polar surface area (TPSA) is 104 Å². The van der Waals surface area contributed by atoms with E-state index >= 15 is 4.39 Å². The van der Waals surface area contributed by atoms with Crippen molar-refractivity contribution in [3.8, 4) is 23.1 Å². The van der Waals surface area contributed by atoms with Gasteiger partial charge in [-0.05, 0) is 18.2 Å². The maximum atomic E-state index is 15.6. The molecule has 0 saturated carbocycles. The van der Waals surface area contributed by atoms with E-state index in [2.05, 4.69) is 6.58 Å². The lowest BCUT2D eigenvalue weighted by atomic mass is 9.98. The van der Waals surface area contributed by atoms with Crippen LogP contribution in [-0.2, 0) is 4.79 Å². The molecule has 178 valence electrons. The summed E-state index contributed by atoms with van der Waals surface area (Å²) in [5.74, 6) is -1.23. The molecule has 2 amide bonds. The number of hydrogen-bond donors (Lipinski definition) is 1. The molecule has 1 saturated heterocycles. The summed E-state index contributed by atoms with van der Waals surface area (Å²) in [6.07, 6.45) is 3.74. The summed E-state index contributed by atoms with van der Waals surface area (Å²) in [4.78, 5) is 28.8. The molecule has 0 bridgehead atoms. The van der Waals surface area contributed by atoms with Gasteiger partial charge in [-0.3, -0.25) is 9.59 Å². The number of piperazine rings is 1. The normalized spacial score (nSPS) is 17.6. The number of thiazole rings is 1. The quantitative estimate of drug-likeness (QED) is 0.419. The Labute approximate surface area is 209 Å². The van der Waals surface area contributed by atoms with Crippen LogP contribution in [0.4, 0.5) is 9.52 Å². The van der Waals surface area contributed by atoms with Gasteiger partial charge in [-0.25, -0.2) is 4.39 Å². The summed E-state index contributed by atoms with van der Waals surface area (Å²) < 4.78 is 23.5. The first-order valence-electron chi connectivity index (χ1n) is 10.9. The van der Waals surface area contributed by atoms with Crippen LogP contribution in [-0.4, -0.2) is 53.9 Å². The zero-order chi connectivity index (χ0) is 24.9. The minimum atomic E-state index is -0.718. The Balaban J connectivity index is 1.61. The van der Waals surface area contributed by atoms with Gasteiger partial charge in [-0.15, -0.1) is 4.57 Å². The van der Waals surface area contributed by atoms with Crippen molar-refractivity contribution in [3.63, 3.8) is 0 Å². The van der Waals surface area contributed by atoms with E-state index in [1.165, 1.54) is 22.0 Å². The molecular formula is C24H20ClFN5O3S+. The predicted octanol–water partition coefficient (Wildman–Crippen LogP) is 3.18. The third kappa shape index (κ3) is 3.68. The van der Waals surface area contributed by atoms with E-state index in [-0.39, 0.29) is 45.6 Å². The average Bonchev–Trinajstić information content (AvgIpc) is 3.18. The Morgan fingerprint density at radius 1 is 1.40 bits per heavy atom. The smallest absolute Gasteiger partial charge is 0.376 e. The van der Waals surface area contributed by atoms with Crippen molar-refractivity contribution >= 4 is 50.1 Å². The summed E-state index contributed by atoms with van der Waals surface area (Å²) in [7, 11) is 0. The number of carbonyl (C=O) groups is 2. The zero-order valence-corrected chi connectivity index (χ0v) is 20.0. The van der Waals surface area contributed by atoms with Gasteiger partial charge in [0.2, 0.25) is 5.91 Å². The zero-order valence-electron chi connectivity index (χ0n) is 18.5. The third-order valence-corrected chi connectivity index (χ3v) is 7.66. The summed E-state index contributed by atoms with van der Waals surface area (Å²) in [6.45, 7) is 4.75. The molecule has 0 radical (unpaired) electrons. The van der Waals surface area contributed by atoms with Gasteiger partial charge in [0.1, 0.15) is 11.3 Å². The average molecular weight is 513 g/mol. The number of nitriles is 1. The molecule has 3 aromatic rings. The Hall–Kier alpha value is -3.68. The van der Waals surface area contributed by atoms with E-state index in [1.807, 2.05) is 6.19 Å². The molecule has 8 nitrogen and oxygen atoms in total. The lowest BCUT2D eigenvalue weighted by Crippen LogP contribution is -2.57. The summed E-state index contributed by atoms with van der Waals surface area (Å²) in [6, 6.07) is 6.02. The number of carbonyl (C=O) groups excluding carboxylic acids is 2. The second-order valence-electron chi connectivity index (χ2n) is 8.23. The number of hydrogen-bond acceptors (Lipinski definition) is 6. The van der Waals surface area contributed by atoms with Crippen LogP contribution in [0.1, 0.15) is 16.8 Å². The van der Waals surface area contributed by atoms with E-state index < -0.39 is 11.7 Å². The molecule has 0 unspecified atom stereocenters. The van der Waals surface area contributed by atoms with Crippen molar-refractivity contribution < 1.29 is 23.3 Å². The van der Waals surface area contributed by atoms with Crippen LogP contribution in [0.2, 0.25) is 5.02 Å². The SMILES string of the molecule is C=CC(=O)N1CCN2C(=O)c3cc(F)c(-c4cccc5sc(N)[n+](C#N)c45)c(Cl)c3OCC[C@H]2C1. The molecule has 2 N–H and O–H groups in total. The summed E-state index contributed by atoms with van der Waals surface area (Å²) >= 11 is 7.90. The van der Waals surface area contributed by atoms with Crippen LogP contribution >= 0.6 is 22.9 Å². The molecule has 2 aliphatic rings. The second kappa shape index (κ2) is 8.83. The highest BCUT2D eigenvalue weighted by Gasteiger charge is 2.37. The Kier molecular flexibility index (Phi) is 5.83. The second-order valence-corrected chi connectivity index (χ2v) is 9.67. The molecule has 2 aromatic carbocycles. The number of ether oxygens (including phenoxy) is 1. The molecule has 3 heterocycles. The van der Waals surface area contributed by atoms with Gasteiger partial charge in [-0.1, -0.05) is 41.6 Å². The summed E-state index contributed by atoms with van der Waals surface area (Å²) in [5.41, 5.74) is 6.83. The number of halogens is 2. The van der Waals surface area contributed by atoms with Crippen molar-refractivity contribution in [2.24, 2.45) is 0 Å². The number of para-hydroxylation sites is 1. The molecule has 2 aliphatic heterocycles. The number of aromatic nitrogens is 1. The van der Waals surface area contributed by atoms with Crippen molar-refractivity contribution in [3.05, 3.63) is 53.3 Å². The van der Waals surface area contributed by atoms with Crippen LogP contribution in [0, 0.1) is 17.3 Å². The lowest BCUT2D eigenvalue weighted by Gasteiger charge is -2.42. The Morgan fingerprint density at radius 2 is 2.20 bits per heavy atom. The molecule has 11 heteroatoms. The lowest BCUT2D eigenvalue weighted by molar-refractivity contribution is -0.536. The van der Waals surface area contributed by atoms with Crippen LogP contribution in [0.15, 0.2) is 36.9 Å². The number of benzene rings is 2. The van der Waals surface area contributed by atoms with Crippen molar-refractivity contribution in [2.45, 2.75) is 12.5 Å². The number of nitrogen functional groups attached to an aromatic ring is 1. The molecule has 1 fully saturated rings. The first-order chi connectivity index (χ1) is 16.8. The highest BCUT2D eigenvalue weighted by atomic mass is 35.5. The number of rotatable bonds is 2. The molecule has 0 spiro atoms. The maximum absolute atomic E-state index is 15.6. The van der Waals surface area contributed by atoms with E-state index in [4.69, 9.17) is 22.1 Å². The van der Waals surface area contributed by atoms with Gasteiger partial charge in [0.15, 0.2) is 5.75 Å². The van der Waals surface area contributed by atoms with E-state index in [0.29, 0.717) is 41.8 Å². The molecule has 35 heavy (non-hydrogen) atoms. The molecule has 0 aliphatic carbocycles. The number of anilines is 1. The molecule has 1 aromatic heterocycles. The van der Waals surface area contributed by atoms with Crippen molar-refractivity contribution in [1.29, 1.82) is 5.26 Å². The standard InChI is InChI=1S/C24H19ClFN5O3S/c1-2-18(32)29-7-8-30-13(11-29)6-9-34-22-15(23(30)33)10-16(26)19(20(22)25)14-4-3-5-17-21(14)31(12-27)24(28)35-17/h2-5,10,13,28H,1,6-9,11H2/p+1/t13-/m0/s1. The summed E-state index contributed by atoms with van der Waals surface area (Å²) in [5, 5.41) is 9.80. The highest BCUT2D eigenvalue weighted by molar-refractivity contribution is 7.21. The van der Waals surface area contributed by atoms with Gasteiger partial charge in [0.05, 0.1) is 27.9 Å². The fourth-order valence-electron chi connectivity index (χ4n) is 4.70. The maximum Gasteiger partial charge on any atom is 0.376 e. The van der Waals surface area contributed by atoms with Crippen LogP contribution in [0.5, 0.6) is 5.75 Å². The Morgan fingerprint density at radius 3 is 2.94 bits per heavy atom. The first-order valence-corrected chi connectivity index (χ1v) is 12.1. The first kappa shape index (κ1) is 23.1. The van der Waals surface area contributed by atoms with E-state index in [0.717, 1.165) is 6.07 Å². The fraction of sp³-hybridized carbons (Fsp3) is 0.250. The molecular weight excluding hydrogens is 493 g/mol. The van der Waals surface area contributed by atoms with Gasteiger partial charge < -0.3 is 20.3 Å². The predicted molar refractivity (Wildman–Crippen MR) is 130 cm³/mol. The number of nitrogens with zero attached hydrogens (tertiary/aromatic N) is 4. The van der Waals surface area contributed by atoms with Gasteiger partial charge in [0.25, 0.3) is 11.0 Å². The van der Waals surface area contributed by atoms with Gasteiger partial charge in [-0.2, -0.15) is 0 Å². The largest absolute Gasteiger partial charge is 0.491 e. The van der Waals surface area contributed by atoms with E-state index in [9.17, 15) is 14.9 Å². The van der Waals surface area contributed by atoms with Crippen LogP contribution in [0.25, 0.3) is 21.3 Å². The number of amides is 2. The van der Waals surface area contributed by atoms with Crippen molar-refractivity contribution in [2.75, 3.05) is 32.0 Å². The highest BCUT2D eigenvalue weighted by Crippen LogP contribution is 2.44. The molecule has 5 rings (SSSR count). The number of fused-ring (bicyclic) bond motifs is 3. The van der Waals surface area contributed by atoms with Crippen LogP contribution in [0.3, 0.4) is 0 Å². The Bertz CT molecular complexity index is 1450. The van der Waals surface area contributed by atoms with E-state index in [1.54, 1.807) is 28.0 Å². The minimum absolute atomic E-state index is 0.0228. The monoisotopic (exact) mass is 512 g/mol. The minimum Gasteiger partial charge on any atom is -0.491 e. The third-order valence-electron chi connectivity index (χ3n) is 6.36. The van der Waals surface area contributed by atoms with Gasteiger partial charge in [0, 0.05) is 42.4 Å².